The lowest BCUT2D eigenvalue weighted by Gasteiger charge is -2.37. The molecule has 0 aromatic carbocycles. The van der Waals surface area contributed by atoms with Crippen LogP contribution in [-0.4, -0.2) is 40.2 Å². The number of nitrogens with zero attached hydrogens (tertiary/aromatic N) is 2. The van der Waals surface area contributed by atoms with E-state index in [-0.39, 0.29) is 0 Å². The summed E-state index contributed by atoms with van der Waals surface area (Å²) in [5.41, 5.74) is 1.74. The largest absolute Gasteiger partial charge is 0.506 e. The van der Waals surface area contributed by atoms with Crippen LogP contribution in [0.15, 0.2) is 12.1 Å². The van der Waals surface area contributed by atoms with Gasteiger partial charge in [-0.25, -0.2) is 0 Å². The molecule has 4 nitrogen and oxygen atoms in total. The summed E-state index contributed by atoms with van der Waals surface area (Å²) >= 11 is 0. The molecule has 2 heterocycles. The van der Waals surface area contributed by atoms with Crippen molar-refractivity contribution in [3.8, 4) is 5.75 Å². The lowest BCUT2D eigenvalue weighted by atomic mass is 10.1. The van der Waals surface area contributed by atoms with Crippen molar-refractivity contribution in [2.45, 2.75) is 39.4 Å². The van der Waals surface area contributed by atoms with Crippen LogP contribution in [0.2, 0.25) is 0 Å². The van der Waals surface area contributed by atoms with Crippen LogP contribution in [0.1, 0.15) is 25.2 Å². The van der Waals surface area contributed by atoms with Crippen LogP contribution < -0.4 is 5.32 Å². The molecule has 1 aromatic heterocycles. The number of hydrogen-bond acceptors (Lipinski definition) is 4. The highest BCUT2D eigenvalue weighted by Crippen LogP contribution is 2.19. The molecular formula is C13H21N3O. The maximum atomic E-state index is 9.81. The molecule has 0 amide bonds. The van der Waals surface area contributed by atoms with Gasteiger partial charge in [0.25, 0.3) is 0 Å². The third-order valence-electron chi connectivity index (χ3n) is 3.34. The van der Waals surface area contributed by atoms with Gasteiger partial charge in [0.05, 0.1) is 5.69 Å². The third kappa shape index (κ3) is 2.96. The first-order chi connectivity index (χ1) is 8.06. The van der Waals surface area contributed by atoms with E-state index in [2.05, 4.69) is 29.0 Å². The standard InChI is InChI=1S/C13H21N3O/c1-9-4-5-13(17)12(15-9)8-16-7-10(2)14-6-11(16)3/h4-5,10-11,14,17H,6-8H2,1-3H3. The van der Waals surface area contributed by atoms with Gasteiger partial charge in [0, 0.05) is 37.4 Å². The van der Waals surface area contributed by atoms with Crippen molar-refractivity contribution in [2.75, 3.05) is 13.1 Å². The van der Waals surface area contributed by atoms with Gasteiger partial charge in [-0.3, -0.25) is 9.88 Å². The molecule has 2 unspecified atom stereocenters. The van der Waals surface area contributed by atoms with E-state index in [0.717, 1.165) is 31.0 Å². The molecule has 0 aliphatic carbocycles. The van der Waals surface area contributed by atoms with Crippen LogP contribution in [0.4, 0.5) is 0 Å². The molecule has 0 spiro atoms. The number of pyridine rings is 1. The van der Waals surface area contributed by atoms with Gasteiger partial charge in [-0.05, 0) is 32.9 Å². The fraction of sp³-hybridized carbons (Fsp3) is 0.615. The van der Waals surface area contributed by atoms with Crippen molar-refractivity contribution in [3.05, 3.63) is 23.5 Å². The lowest BCUT2D eigenvalue weighted by Crippen LogP contribution is -2.53. The first-order valence-electron chi connectivity index (χ1n) is 6.19. The predicted molar refractivity (Wildman–Crippen MR) is 68.0 cm³/mol. The zero-order valence-corrected chi connectivity index (χ0v) is 10.8. The quantitative estimate of drug-likeness (QED) is 0.810. The van der Waals surface area contributed by atoms with Crippen LogP contribution >= 0.6 is 0 Å². The summed E-state index contributed by atoms with van der Waals surface area (Å²) in [6, 6.07) is 4.54. The van der Waals surface area contributed by atoms with E-state index in [4.69, 9.17) is 0 Å². The molecule has 1 fully saturated rings. The van der Waals surface area contributed by atoms with Crippen LogP contribution in [0.3, 0.4) is 0 Å². The van der Waals surface area contributed by atoms with Crippen molar-refractivity contribution >= 4 is 0 Å². The molecule has 1 aliphatic rings. The molecule has 0 saturated carbocycles. The highest BCUT2D eigenvalue weighted by Gasteiger charge is 2.23. The lowest BCUT2D eigenvalue weighted by molar-refractivity contribution is 0.136. The van der Waals surface area contributed by atoms with E-state index >= 15 is 0 Å². The van der Waals surface area contributed by atoms with Gasteiger partial charge in [0.1, 0.15) is 5.75 Å². The second-order valence-electron chi connectivity index (χ2n) is 5.01. The van der Waals surface area contributed by atoms with Crippen molar-refractivity contribution in [1.29, 1.82) is 0 Å². The zero-order chi connectivity index (χ0) is 12.4. The second-order valence-corrected chi connectivity index (χ2v) is 5.01. The van der Waals surface area contributed by atoms with Gasteiger partial charge in [-0.1, -0.05) is 0 Å². The van der Waals surface area contributed by atoms with E-state index in [1.807, 2.05) is 13.0 Å². The Labute approximate surface area is 103 Å². The maximum Gasteiger partial charge on any atom is 0.138 e. The molecule has 94 valence electrons. The average molecular weight is 235 g/mol. The van der Waals surface area contributed by atoms with Gasteiger partial charge < -0.3 is 10.4 Å². The summed E-state index contributed by atoms with van der Waals surface area (Å²) in [6.45, 7) is 9.05. The Hall–Kier alpha value is -1.13. The molecule has 1 saturated heterocycles. The predicted octanol–water partition coefficient (Wildman–Crippen LogP) is 1.28. The van der Waals surface area contributed by atoms with Gasteiger partial charge in [0.2, 0.25) is 0 Å². The van der Waals surface area contributed by atoms with E-state index in [0.29, 0.717) is 17.8 Å². The van der Waals surface area contributed by atoms with E-state index in [9.17, 15) is 5.11 Å². The fourth-order valence-corrected chi connectivity index (χ4v) is 2.23. The normalized spacial score (nSPS) is 26.1. The summed E-state index contributed by atoms with van der Waals surface area (Å²) in [5, 5.41) is 13.3. The fourth-order valence-electron chi connectivity index (χ4n) is 2.23. The van der Waals surface area contributed by atoms with Crippen LogP contribution in [0, 0.1) is 6.92 Å². The SMILES string of the molecule is Cc1ccc(O)c(CN2CC(C)NCC2C)n1. The summed E-state index contributed by atoms with van der Waals surface area (Å²) in [5.74, 6) is 0.300. The Morgan fingerprint density at radius 1 is 1.47 bits per heavy atom. The number of hydrogen-bond donors (Lipinski definition) is 2. The van der Waals surface area contributed by atoms with Crippen molar-refractivity contribution < 1.29 is 5.11 Å². The molecule has 0 bridgehead atoms. The second kappa shape index (κ2) is 5.02. The smallest absolute Gasteiger partial charge is 0.138 e. The highest BCUT2D eigenvalue weighted by atomic mass is 16.3. The minimum atomic E-state index is 0.300. The molecule has 4 heteroatoms. The van der Waals surface area contributed by atoms with Gasteiger partial charge in [0.15, 0.2) is 0 Å². The molecule has 2 N–H and O–H groups in total. The number of aromatic nitrogens is 1. The van der Waals surface area contributed by atoms with Gasteiger partial charge in [-0.2, -0.15) is 0 Å². The Kier molecular flexibility index (Phi) is 3.64. The Balaban J connectivity index is 2.11. The molecule has 0 radical (unpaired) electrons. The van der Waals surface area contributed by atoms with Gasteiger partial charge in [-0.15, -0.1) is 0 Å². The number of aromatic hydroxyl groups is 1. The molecular weight excluding hydrogens is 214 g/mol. The van der Waals surface area contributed by atoms with Crippen LogP contribution in [0.25, 0.3) is 0 Å². The third-order valence-corrected chi connectivity index (χ3v) is 3.34. The zero-order valence-electron chi connectivity index (χ0n) is 10.8. The van der Waals surface area contributed by atoms with Crippen molar-refractivity contribution in [3.63, 3.8) is 0 Å². The Bertz CT molecular complexity index is 394. The monoisotopic (exact) mass is 235 g/mol. The average Bonchev–Trinajstić information content (AvgIpc) is 2.28. The number of rotatable bonds is 2. The highest BCUT2D eigenvalue weighted by molar-refractivity contribution is 5.27. The molecule has 17 heavy (non-hydrogen) atoms. The van der Waals surface area contributed by atoms with Crippen LogP contribution in [0.5, 0.6) is 5.75 Å². The Morgan fingerprint density at radius 3 is 3.00 bits per heavy atom. The van der Waals surface area contributed by atoms with E-state index in [1.165, 1.54) is 0 Å². The van der Waals surface area contributed by atoms with Crippen molar-refractivity contribution in [1.82, 2.24) is 15.2 Å². The first kappa shape index (κ1) is 12.3. The molecule has 2 atom stereocenters. The van der Waals surface area contributed by atoms with Crippen LogP contribution in [-0.2, 0) is 6.54 Å². The first-order valence-corrected chi connectivity index (χ1v) is 6.19. The molecule has 1 aliphatic heterocycles. The summed E-state index contributed by atoms with van der Waals surface area (Å²) in [4.78, 5) is 6.78. The van der Waals surface area contributed by atoms with Gasteiger partial charge >= 0.3 is 0 Å². The van der Waals surface area contributed by atoms with E-state index < -0.39 is 0 Å². The number of nitrogens with one attached hydrogen (secondary N) is 1. The summed E-state index contributed by atoms with van der Waals surface area (Å²) < 4.78 is 0. The Morgan fingerprint density at radius 2 is 2.24 bits per heavy atom. The summed E-state index contributed by atoms with van der Waals surface area (Å²) in [7, 11) is 0. The van der Waals surface area contributed by atoms with Crippen molar-refractivity contribution in [2.24, 2.45) is 0 Å². The van der Waals surface area contributed by atoms with E-state index in [1.54, 1.807) is 6.07 Å². The minimum Gasteiger partial charge on any atom is -0.506 e. The maximum absolute atomic E-state index is 9.81. The topological polar surface area (TPSA) is 48.4 Å². The minimum absolute atomic E-state index is 0.300. The number of piperazine rings is 1. The molecule has 1 aromatic rings. The number of aryl methyl sites for hydroxylation is 1. The molecule has 2 rings (SSSR count). The summed E-state index contributed by atoms with van der Waals surface area (Å²) in [6.07, 6.45) is 0.